The molecule has 0 saturated carbocycles. The number of benzene rings is 1. The molecule has 0 heterocycles. The van der Waals surface area contributed by atoms with Crippen LogP contribution < -0.4 is 5.32 Å². The standard InChI is InChI=1S/C13H17N3/c1-4-10-14-13(16(2)3)15-11-12-8-6-5-7-9-12/h1,5-9H,10-11H2,2-3H3,(H,14,15). The topological polar surface area (TPSA) is 27.6 Å². The smallest absolute Gasteiger partial charge is 0.194 e. The highest BCUT2D eigenvalue weighted by Gasteiger charge is 1.99. The zero-order chi connectivity index (χ0) is 11.8. The summed E-state index contributed by atoms with van der Waals surface area (Å²) in [6.45, 7) is 1.15. The lowest BCUT2D eigenvalue weighted by molar-refractivity contribution is 0.587. The average Bonchev–Trinajstić information content (AvgIpc) is 2.30. The van der Waals surface area contributed by atoms with Gasteiger partial charge in [0.1, 0.15) is 0 Å². The van der Waals surface area contributed by atoms with E-state index in [1.807, 2.05) is 37.2 Å². The molecule has 3 nitrogen and oxygen atoms in total. The zero-order valence-electron chi connectivity index (χ0n) is 9.77. The summed E-state index contributed by atoms with van der Waals surface area (Å²) >= 11 is 0. The second-order valence-electron chi connectivity index (χ2n) is 3.58. The van der Waals surface area contributed by atoms with Crippen molar-refractivity contribution in [1.29, 1.82) is 0 Å². The van der Waals surface area contributed by atoms with Crippen LogP contribution in [0.25, 0.3) is 0 Å². The predicted octanol–water partition coefficient (Wildman–Crippen LogP) is 1.33. The SMILES string of the molecule is C#CCNC(=NCc1ccccc1)N(C)C. The lowest BCUT2D eigenvalue weighted by atomic mass is 10.2. The Labute approximate surface area is 97.2 Å². The van der Waals surface area contributed by atoms with Crippen LogP contribution in [0, 0.1) is 12.3 Å². The van der Waals surface area contributed by atoms with Gasteiger partial charge in [-0.05, 0) is 5.56 Å². The second kappa shape index (κ2) is 6.52. The van der Waals surface area contributed by atoms with Gasteiger partial charge in [0, 0.05) is 14.1 Å². The highest BCUT2D eigenvalue weighted by atomic mass is 15.3. The van der Waals surface area contributed by atoms with Crippen LogP contribution in [-0.4, -0.2) is 31.5 Å². The van der Waals surface area contributed by atoms with Gasteiger partial charge in [-0.25, -0.2) is 4.99 Å². The van der Waals surface area contributed by atoms with E-state index >= 15 is 0 Å². The molecule has 0 atom stereocenters. The first-order valence-electron chi connectivity index (χ1n) is 5.17. The Bertz CT molecular complexity index is 374. The summed E-state index contributed by atoms with van der Waals surface area (Å²) < 4.78 is 0. The number of hydrogen-bond donors (Lipinski definition) is 1. The van der Waals surface area contributed by atoms with Crippen LogP contribution in [0.4, 0.5) is 0 Å². The molecule has 0 aliphatic heterocycles. The summed E-state index contributed by atoms with van der Waals surface area (Å²) in [6, 6.07) is 10.1. The molecular weight excluding hydrogens is 198 g/mol. The highest BCUT2D eigenvalue weighted by Crippen LogP contribution is 2.00. The maximum atomic E-state index is 5.20. The van der Waals surface area contributed by atoms with Crippen molar-refractivity contribution >= 4 is 5.96 Å². The molecule has 3 heteroatoms. The van der Waals surface area contributed by atoms with Crippen LogP contribution in [0.5, 0.6) is 0 Å². The third kappa shape index (κ3) is 4.05. The van der Waals surface area contributed by atoms with Crippen molar-refractivity contribution in [2.45, 2.75) is 6.54 Å². The summed E-state index contributed by atoms with van der Waals surface area (Å²) in [5.41, 5.74) is 1.18. The number of hydrogen-bond acceptors (Lipinski definition) is 1. The Balaban J connectivity index is 2.62. The minimum absolute atomic E-state index is 0.492. The Hall–Kier alpha value is -1.95. The number of nitrogens with zero attached hydrogens (tertiary/aromatic N) is 2. The normalized spacial score (nSPS) is 10.7. The zero-order valence-corrected chi connectivity index (χ0v) is 9.77. The third-order valence-corrected chi connectivity index (χ3v) is 2.03. The molecule has 1 aromatic rings. The molecule has 0 bridgehead atoms. The van der Waals surface area contributed by atoms with Crippen LogP contribution in [0.3, 0.4) is 0 Å². The second-order valence-corrected chi connectivity index (χ2v) is 3.58. The van der Waals surface area contributed by atoms with Crippen LogP contribution in [0.2, 0.25) is 0 Å². The molecule has 0 radical (unpaired) electrons. The summed E-state index contributed by atoms with van der Waals surface area (Å²) in [5, 5.41) is 3.08. The fourth-order valence-electron chi connectivity index (χ4n) is 1.24. The molecule has 0 spiro atoms. The van der Waals surface area contributed by atoms with Crippen molar-refractivity contribution in [3.8, 4) is 12.3 Å². The van der Waals surface area contributed by atoms with Gasteiger partial charge in [0.2, 0.25) is 0 Å². The molecule has 0 fully saturated rings. The van der Waals surface area contributed by atoms with Crippen molar-refractivity contribution in [2.75, 3.05) is 20.6 Å². The van der Waals surface area contributed by atoms with Crippen molar-refractivity contribution in [3.05, 3.63) is 35.9 Å². The minimum atomic E-state index is 0.492. The molecule has 0 amide bonds. The number of rotatable bonds is 3. The van der Waals surface area contributed by atoms with Gasteiger partial charge in [-0.15, -0.1) is 6.42 Å². The highest BCUT2D eigenvalue weighted by molar-refractivity contribution is 5.79. The van der Waals surface area contributed by atoms with Gasteiger partial charge >= 0.3 is 0 Å². The van der Waals surface area contributed by atoms with Crippen molar-refractivity contribution in [1.82, 2.24) is 10.2 Å². The fourth-order valence-corrected chi connectivity index (χ4v) is 1.24. The van der Waals surface area contributed by atoms with Crippen LogP contribution in [-0.2, 0) is 6.54 Å². The van der Waals surface area contributed by atoms with Gasteiger partial charge in [-0.3, -0.25) is 0 Å². The van der Waals surface area contributed by atoms with Gasteiger partial charge in [0.15, 0.2) is 5.96 Å². The van der Waals surface area contributed by atoms with E-state index in [-0.39, 0.29) is 0 Å². The fraction of sp³-hybridized carbons (Fsp3) is 0.308. The van der Waals surface area contributed by atoms with Crippen molar-refractivity contribution < 1.29 is 0 Å². The molecule has 0 unspecified atom stereocenters. The molecular formula is C13H17N3. The van der Waals surface area contributed by atoms with E-state index in [1.165, 1.54) is 5.56 Å². The van der Waals surface area contributed by atoms with Crippen molar-refractivity contribution in [2.24, 2.45) is 4.99 Å². The number of guanidine groups is 1. The van der Waals surface area contributed by atoms with Gasteiger partial charge in [-0.1, -0.05) is 36.3 Å². The Kier molecular flexibility index (Phi) is 4.94. The third-order valence-electron chi connectivity index (χ3n) is 2.03. The lowest BCUT2D eigenvalue weighted by Gasteiger charge is -2.16. The summed E-state index contributed by atoms with van der Waals surface area (Å²) in [5.74, 6) is 3.34. The average molecular weight is 215 g/mol. The molecule has 1 rings (SSSR count). The largest absolute Gasteiger partial charge is 0.349 e. The summed E-state index contributed by atoms with van der Waals surface area (Å²) in [4.78, 5) is 6.38. The van der Waals surface area contributed by atoms with E-state index in [0.717, 1.165) is 5.96 Å². The van der Waals surface area contributed by atoms with E-state index in [4.69, 9.17) is 6.42 Å². The first-order valence-corrected chi connectivity index (χ1v) is 5.17. The quantitative estimate of drug-likeness (QED) is 0.468. The number of nitrogens with one attached hydrogen (secondary N) is 1. The summed E-state index contributed by atoms with van der Waals surface area (Å²) in [7, 11) is 3.88. The van der Waals surface area contributed by atoms with Crippen molar-refractivity contribution in [3.63, 3.8) is 0 Å². The van der Waals surface area contributed by atoms with E-state index in [9.17, 15) is 0 Å². The molecule has 16 heavy (non-hydrogen) atoms. The lowest BCUT2D eigenvalue weighted by Crippen LogP contribution is -2.36. The van der Waals surface area contributed by atoms with Gasteiger partial charge in [0.25, 0.3) is 0 Å². The predicted molar refractivity (Wildman–Crippen MR) is 68.1 cm³/mol. The monoisotopic (exact) mass is 215 g/mol. The molecule has 0 aromatic heterocycles. The van der Waals surface area contributed by atoms with Crippen LogP contribution >= 0.6 is 0 Å². The molecule has 0 saturated heterocycles. The molecule has 0 aliphatic rings. The van der Waals surface area contributed by atoms with E-state index in [2.05, 4.69) is 28.4 Å². The maximum absolute atomic E-state index is 5.20. The maximum Gasteiger partial charge on any atom is 0.194 e. The van der Waals surface area contributed by atoms with Crippen LogP contribution in [0.1, 0.15) is 5.56 Å². The molecule has 1 N–H and O–H groups in total. The Morgan fingerprint density at radius 1 is 1.38 bits per heavy atom. The summed E-state index contributed by atoms with van der Waals surface area (Å²) in [6.07, 6.45) is 5.20. The molecule has 0 aliphatic carbocycles. The van der Waals surface area contributed by atoms with Crippen LogP contribution in [0.15, 0.2) is 35.3 Å². The van der Waals surface area contributed by atoms with E-state index in [1.54, 1.807) is 0 Å². The van der Waals surface area contributed by atoms with E-state index in [0.29, 0.717) is 13.1 Å². The number of terminal acetylenes is 1. The number of aliphatic imine (C=N–C) groups is 1. The molecule has 84 valence electrons. The first kappa shape index (κ1) is 12.1. The Morgan fingerprint density at radius 3 is 2.62 bits per heavy atom. The molecule has 1 aromatic carbocycles. The van der Waals surface area contributed by atoms with E-state index < -0.39 is 0 Å². The van der Waals surface area contributed by atoms with Gasteiger partial charge < -0.3 is 10.2 Å². The first-order chi connectivity index (χ1) is 7.74. The van der Waals surface area contributed by atoms with Gasteiger partial charge in [0.05, 0.1) is 13.1 Å². The Morgan fingerprint density at radius 2 is 2.06 bits per heavy atom. The minimum Gasteiger partial charge on any atom is -0.349 e. The van der Waals surface area contributed by atoms with Gasteiger partial charge in [-0.2, -0.15) is 0 Å².